The Morgan fingerprint density at radius 1 is 1.47 bits per heavy atom. The van der Waals surface area contributed by atoms with Gasteiger partial charge < -0.3 is 4.74 Å². The minimum absolute atomic E-state index is 0.374. The molecule has 0 bridgehead atoms. The predicted molar refractivity (Wildman–Crippen MR) is 71.3 cm³/mol. The number of carbonyl (C=O) groups excluding carboxylic acids is 1. The van der Waals surface area contributed by atoms with Crippen LogP contribution in [0.3, 0.4) is 0 Å². The Labute approximate surface area is 112 Å². The van der Waals surface area contributed by atoms with Gasteiger partial charge in [0, 0.05) is 4.47 Å². The second kappa shape index (κ2) is 4.98. The molecule has 0 unspecified atom stereocenters. The fourth-order valence-corrected chi connectivity index (χ4v) is 2.50. The second-order valence-corrected chi connectivity index (χ2v) is 5.19. The van der Waals surface area contributed by atoms with Crippen LogP contribution in [-0.4, -0.2) is 18.1 Å². The van der Waals surface area contributed by atoms with Crippen LogP contribution < -0.4 is 0 Å². The van der Waals surface area contributed by atoms with Gasteiger partial charge in [0.15, 0.2) is 5.69 Å². The Morgan fingerprint density at radius 2 is 2.24 bits per heavy atom. The maximum atomic E-state index is 11.5. The van der Waals surface area contributed by atoms with E-state index in [0.29, 0.717) is 5.69 Å². The fraction of sp³-hybridized carbons (Fsp3) is 0.167. The van der Waals surface area contributed by atoms with E-state index in [0.717, 1.165) is 20.5 Å². The van der Waals surface area contributed by atoms with Crippen LogP contribution in [0.2, 0.25) is 0 Å². The first kappa shape index (κ1) is 12.3. The van der Waals surface area contributed by atoms with Crippen molar-refractivity contribution in [1.82, 2.24) is 4.98 Å². The average molecular weight is 312 g/mol. The second-order valence-electron chi connectivity index (χ2n) is 3.49. The largest absolute Gasteiger partial charge is 0.464 e. The minimum atomic E-state index is -0.401. The maximum absolute atomic E-state index is 11.5. The first-order valence-electron chi connectivity index (χ1n) is 4.92. The molecule has 3 nitrogen and oxygen atoms in total. The summed E-state index contributed by atoms with van der Waals surface area (Å²) in [5, 5.41) is 0. The normalized spacial score (nSPS) is 10.3. The van der Waals surface area contributed by atoms with Crippen molar-refractivity contribution >= 4 is 33.2 Å². The SMILES string of the molecule is COC(=O)c1ncsc1-c1ccc(Br)c(C)c1. The lowest BCUT2D eigenvalue weighted by atomic mass is 10.1. The molecule has 17 heavy (non-hydrogen) atoms. The molecule has 0 atom stereocenters. The highest BCUT2D eigenvalue weighted by atomic mass is 79.9. The maximum Gasteiger partial charge on any atom is 0.358 e. The summed E-state index contributed by atoms with van der Waals surface area (Å²) in [5.74, 6) is -0.401. The van der Waals surface area contributed by atoms with Crippen molar-refractivity contribution in [3.63, 3.8) is 0 Å². The van der Waals surface area contributed by atoms with Crippen LogP contribution >= 0.6 is 27.3 Å². The monoisotopic (exact) mass is 311 g/mol. The summed E-state index contributed by atoms with van der Waals surface area (Å²) in [5.41, 5.74) is 4.12. The molecular formula is C12H10BrNO2S. The van der Waals surface area contributed by atoms with E-state index in [1.165, 1.54) is 18.4 Å². The van der Waals surface area contributed by atoms with E-state index in [4.69, 9.17) is 4.74 Å². The van der Waals surface area contributed by atoms with Crippen molar-refractivity contribution in [2.75, 3.05) is 7.11 Å². The summed E-state index contributed by atoms with van der Waals surface area (Å²) in [6, 6.07) is 5.94. The number of aryl methyl sites for hydroxylation is 1. The summed E-state index contributed by atoms with van der Waals surface area (Å²) in [7, 11) is 1.36. The predicted octanol–water partition coefficient (Wildman–Crippen LogP) is 3.67. The van der Waals surface area contributed by atoms with Gasteiger partial charge in [0.25, 0.3) is 0 Å². The van der Waals surface area contributed by atoms with Crippen molar-refractivity contribution in [2.24, 2.45) is 0 Å². The molecule has 0 aliphatic rings. The van der Waals surface area contributed by atoms with Crippen LogP contribution in [0.1, 0.15) is 16.1 Å². The van der Waals surface area contributed by atoms with Gasteiger partial charge in [-0.25, -0.2) is 9.78 Å². The molecule has 0 amide bonds. The third kappa shape index (κ3) is 2.40. The van der Waals surface area contributed by atoms with Crippen molar-refractivity contribution in [3.8, 4) is 10.4 Å². The van der Waals surface area contributed by atoms with Crippen LogP contribution in [0, 0.1) is 6.92 Å². The molecule has 0 saturated carbocycles. The number of ether oxygens (including phenoxy) is 1. The van der Waals surface area contributed by atoms with Crippen LogP contribution in [0.4, 0.5) is 0 Å². The van der Waals surface area contributed by atoms with Crippen LogP contribution in [0.15, 0.2) is 28.2 Å². The lowest BCUT2D eigenvalue weighted by Gasteiger charge is -2.04. The minimum Gasteiger partial charge on any atom is -0.464 e. The molecule has 0 spiro atoms. The quantitative estimate of drug-likeness (QED) is 0.794. The summed E-state index contributed by atoms with van der Waals surface area (Å²) in [6.45, 7) is 2.01. The van der Waals surface area contributed by atoms with E-state index in [2.05, 4.69) is 20.9 Å². The van der Waals surface area contributed by atoms with E-state index in [9.17, 15) is 4.79 Å². The number of rotatable bonds is 2. The molecule has 0 saturated heterocycles. The number of aromatic nitrogens is 1. The molecule has 0 N–H and O–H groups in total. The molecule has 0 aliphatic carbocycles. The third-order valence-corrected chi connectivity index (χ3v) is 4.13. The Hall–Kier alpha value is -1.20. The van der Waals surface area contributed by atoms with Crippen molar-refractivity contribution in [1.29, 1.82) is 0 Å². The number of hydrogen-bond donors (Lipinski definition) is 0. The number of carbonyl (C=O) groups is 1. The molecule has 2 aromatic rings. The number of halogens is 1. The number of methoxy groups -OCH3 is 1. The van der Waals surface area contributed by atoms with Crippen LogP contribution in [0.5, 0.6) is 0 Å². The highest BCUT2D eigenvalue weighted by Gasteiger charge is 2.16. The lowest BCUT2D eigenvalue weighted by Crippen LogP contribution is -2.02. The average Bonchev–Trinajstić information content (AvgIpc) is 2.80. The van der Waals surface area contributed by atoms with E-state index in [1.807, 2.05) is 25.1 Å². The number of nitrogens with zero attached hydrogens (tertiary/aromatic N) is 1. The van der Waals surface area contributed by atoms with E-state index in [-0.39, 0.29) is 0 Å². The molecule has 1 aromatic heterocycles. The summed E-state index contributed by atoms with van der Waals surface area (Å²) in [4.78, 5) is 16.4. The van der Waals surface area contributed by atoms with Crippen LogP contribution in [0.25, 0.3) is 10.4 Å². The lowest BCUT2D eigenvalue weighted by molar-refractivity contribution is 0.0596. The zero-order valence-corrected chi connectivity index (χ0v) is 11.8. The summed E-state index contributed by atoms with van der Waals surface area (Å²) >= 11 is 4.88. The molecule has 1 aromatic carbocycles. The molecule has 2 rings (SSSR count). The number of benzene rings is 1. The van der Waals surface area contributed by atoms with Crippen molar-refractivity contribution in [2.45, 2.75) is 6.92 Å². The van der Waals surface area contributed by atoms with Crippen molar-refractivity contribution < 1.29 is 9.53 Å². The molecule has 5 heteroatoms. The Kier molecular flexibility index (Phi) is 3.59. The molecule has 0 aliphatic heterocycles. The standard InChI is InChI=1S/C12H10BrNO2S/c1-7-5-8(3-4-9(7)13)11-10(12(15)16-2)14-6-17-11/h3-6H,1-2H3. The highest BCUT2D eigenvalue weighted by molar-refractivity contribution is 9.10. The summed E-state index contributed by atoms with van der Waals surface area (Å²) < 4.78 is 5.75. The number of esters is 1. The van der Waals surface area contributed by atoms with E-state index in [1.54, 1.807) is 5.51 Å². The Morgan fingerprint density at radius 3 is 2.88 bits per heavy atom. The van der Waals surface area contributed by atoms with Gasteiger partial charge in [-0.15, -0.1) is 11.3 Å². The van der Waals surface area contributed by atoms with Gasteiger partial charge >= 0.3 is 5.97 Å². The Balaban J connectivity index is 2.50. The van der Waals surface area contributed by atoms with E-state index < -0.39 is 5.97 Å². The topological polar surface area (TPSA) is 39.2 Å². The molecule has 0 radical (unpaired) electrons. The zero-order valence-electron chi connectivity index (χ0n) is 9.36. The molecule has 88 valence electrons. The number of hydrogen-bond acceptors (Lipinski definition) is 4. The number of thiazole rings is 1. The van der Waals surface area contributed by atoms with Gasteiger partial charge in [-0.2, -0.15) is 0 Å². The first-order chi connectivity index (χ1) is 8.13. The van der Waals surface area contributed by atoms with Crippen molar-refractivity contribution in [3.05, 3.63) is 39.4 Å². The van der Waals surface area contributed by atoms with Crippen LogP contribution in [-0.2, 0) is 4.74 Å². The first-order valence-corrected chi connectivity index (χ1v) is 6.59. The van der Waals surface area contributed by atoms with Gasteiger partial charge in [0.1, 0.15) is 0 Å². The smallest absolute Gasteiger partial charge is 0.358 e. The summed E-state index contributed by atoms with van der Waals surface area (Å²) in [6.07, 6.45) is 0. The highest BCUT2D eigenvalue weighted by Crippen LogP contribution is 2.30. The Bertz CT molecular complexity index is 565. The van der Waals surface area contributed by atoms with Gasteiger partial charge in [-0.1, -0.05) is 22.0 Å². The fourth-order valence-electron chi connectivity index (χ4n) is 1.48. The van der Waals surface area contributed by atoms with Gasteiger partial charge in [-0.3, -0.25) is 0 Å². The van der Waals surface area contributed by atoms with Gasteiger partial charge in [0.2, 0.25) is 0 Å². The van der Waals surface area contributed by atoms with Gasteiger partial charge in [0.05, 0.1) is 17.5 Å². The third-order valence-electron chi connectivity index (χ3n) is 2.37. The molecule has 0 fully saturated rings. The molecule has 1 heterocycles. The van der Waals surface area contributed by atoms with Gasteiger partial charge in [-0.05, 0) is 30.2 Å². The zero-order chi connectivity index (χ0) is 12.4. The van der Waals surface area contributed by atoms with E-state index >= 15 is 0 Å². The molecular weight excluding hydrogens is 302 g/mol.